The van der Waals surface area contributed by atoms with Gasteiger partial charge in [0, 0.05) is 11.6 Å². The predicted octanol–water partition coefficient (Wildman–Crippen LogP) is 1.15. The van der Waals surface area contributed by atoms with E-state index in [0.29, 0.717) is 5.84 Å². The molecule has 1 rings (SSSR count). The van der Waals surface area contributed by atoms with Gasteiger partial charge in [0.1, 0.15) is 5.84 Å². The highest BCUT2D eigenvalue weighted by atomic mass is 16.3. The highest BCUT2D eigenvalue weighted by Crippen LogP contribution is 2.29. The van der Waals surface area contributed by atoms with Crippen molar-refractivity contribution in [2.45, 2.75) is 51.7 Å². The van der Waals surface area contributed by atoms with E-state index in [9.17, 15) is 5.11 Å². The maximum Gasteiger partial charge on any atom is 0.120 e. The molecule has 0 aromatic rings. The van der Waals surface area contributed by atoms with Gasteiger partial charge in [0.25, 0.3) is 0 Å². The van der Waals surface area contributed by atoms with Gasteiger partial charge in [-0.15, -0.1) is 0 Å². The lowest BCUT2D eigenvalue weighted by Gasteiger charge is -2.14. The molecule has 1 saturated carbocycles. The van der Waals surface area contributed by atoms with Gasteiger partial charge in [-0.2, -0.15) is 0 Å². The summed E-state index contributed by atoms with van der Waals surface area (Å²) in [6.45, 7) is 5.97. The van der Waals surface area contributed by atoms with E-state index in [1.807, 2.05) is 20.8 Å². The number of allylic oxidation sites excluding steroid dienone is 1. The van der Waals surface area contributed by atoms with Gasteiger partial charge in [-0.25, -0.2) is 0 Å². The monoisotopic (exact) mass is 225 g/mol. The Morgan fingerprint density at radius 3 is 2.38 bits per heavy atom. The molecule has 0 radical (unpaired) electrons. The van der Waals surface area contributed by atoms with Crippen LogP contribution in [0.5, 0.6) is 0 Å². The van der Waals surface area contributed by atoms with Gasteiger partial charge >= 0.3 is 0 Å². The SMILES string of the molecule is CC(C)(C)N=C(N)/C=C(\N)[C@H]1CC[C@@H](O)C1. The van der Waals surface area contributed by atoms with E-state index >= 15 is 0 Å². The van der Waals surface area contributed by atoms with Gasteiger partial charge in [0.15, 0.2) is 0 Å². The Morgan fingerprint density at radius 1 is 1.31 bits per heavy atom. The van der Waals surface area contributed by atoms with Crippen LogP contribution < -0.4 is 11.5 Å². The maximum atomic E-state index is 9.42. The molecule has 1 fully saturated rings. The van der Waals surface area contributed by atoms with Crippen LogP contribution in [0.3, 0.4) is 0 Å². The predicted molar refractivity (Wildman–Crippen MR) is 67.0 cm³/mol. The Balaban J connectivity index is 2.66. The van der Waals surface area contributed by atoms with Gasteiger partial charge < -0.3 is 16.6 Å². The third-order valence-electron chi connectivity index (χ3n) is 2.66. The molecule has 0 unspecified atom stereocenters. The number of nitrogens with two attached hydrogens (primary N) is 2. The molecule has 0 saturated heterocycles. The number of aliphatic hydroxyl groups excluding tert-OH is 1. The molecule has 0 spiro atoms. The van der Waals surface area contributed by atoms with Gasteiger partial charge in [0.05, 0.1) is 11.6 Å². The van der Waals surface area contributed by atoms with E-state index in [4.69, 9.17) is 11.5 Å². The van der Waals surface area contributed by atoms with Gasteiger partial charge in [0.2, 0.25) is 0 Å². The van der Waals surface area contributed by atoms with Crippen molar-refractivity contribution in [1.29, 1.82) is 0 Å². The molecule has 0 bridgehead atoms. The first-order chi connectivity index (χ1) is 7.28. The smallest absolute Gasteiger partial charge is 0.120 e. The molecule has 4 heteroatoms. The van der Waals surface area contributed by atoms with Crippen LogP contribution in [0.4, 0.5) is 0 Å². The molecular weight excluding hydrogens is 202 g/mol. The summed E-state index contributed by atoms with van der Waals surface area (Å²) in [4.78, 5) is 4.32. The number of hydrogen-bond acceptors (Lipinski definition) is 3. The molecule has 4 nitrogen and oxygen atoms in total. The molecule has 5 N–H and O–H groups in total. The zero-order valence-electron chi connectivity index (χ0n) is 10.4. The highest BCUT2D eigenvalue weighted by molar-refractivity contribution is 5.92. The molecule has 0 aliphatic heterocycles. The van der Waals surface area contributed by atoms with Gasteiger partial charge in [-0.05, 0) is 46.1 Å². The summed E-state index contributed by atoms with van der Waals surface area (Å²) in [6.07, 6.45) is 4.03. The second-order valence-electron chi connectivity index (χ2n) is 5.52. The first-order valence-corrected chi connectivity index (χ1v) is 5.78. The molecular formula is C12H23N3O. The zero-order valence-corrected chi connectivity index (χ0v) is 10.4. The fraction of sp³-hybridized carbons (Fsp3) is 0.750. The van der Waals surface area contributed by atoms with Crippen molar-refractivity contribution in [2.24, 2.45) is 22.4 Å². The summed E-state index contributed by atoms with van der Waals surface area (Å²) in [7, 11) is 0. The number of hydrogen-bond donors (Lipinski definition) is 3. The van der Waals surface area contributed by atoms with Crippen molar-refractivity contribution in [3.05, 3.63) is 11.8 Å². The number of amidine groups is 1. The fourth-order valence-electron chi connectivity index (χ4n) is 1.97. The second-order valence-corrected chi connectivity index (χ2v) is 5.52. The second kappa shape index (κ2) is 4.87. The molecule has 16 heavy (non-hydrogen) atoms. The Bertz CT molecular complexity index is 302. The van der Waals surface area contributed by atoms with E-state index in [1.165, 1.54) is 0 Å². The minimum Gasteiger partial charge on any atom is -0.402 e. The summed E-state index contributed by atoms with van der Waals surface area (Å²) in [5.74, 6) is 0.718. The van der Waals surface area contributed by atoms with Crippen LogP contribution in [0.2, 0.25) is 0 Å². The molecule has 1 aliphatic carbocycles. The molecule has 0 heterocycles. The Morgan fingerprint density at radius 2 is 1.94 bits per heavy atom. The first kappa shape index (κ1) is 13.0. The van der Waals surface area contributed by atoms with E-state index in [2.05, 4.69) is 4.99 Å². The molecule has 2 atom stereocenters. The Kier molecular flexibility index (Phi) is 3.97. The standard InChI is InChI=1S/C12H23N3O/c1-12(2,3)15-11(14)7-10(13)8-4-5-9(16)6-8/h7-9,16H,4-6,13H2,1-3H3,(H2,14,15)/b10-7-/t8-,9+/m0/s1. The minimum absolute atomic E-state index is 0.184. The van der Waals surface area contributed by atoms with Crippen LogP contribution in [0.1, 0.15) is 40.0 Å². The Labute approximate surface area is 97.4 Å². The largest absolute Gasteiger partial charge is 0.402 e. The van der Waals surface area contributed by atoms with Crippen molar-refractivity contribution >= 4 is 5.84 Å². The lowest BCUT2D eigenvalue weighted by atomic mass is 10.0. The van der Waals surface area contributed by atoms with Gasteiger partial charge in [-0.1, -0.05) is 0 Å². The topological polar surface area (TPSA) is 84.6 Å². The lowest BCUT2D eigenvalue weighted by molar-refractivity contribution is 0.179. The van der Waals surface area contributed by atoms with E-state index in [-0.39, 0.29) is 17.6 Å². The zero-order chi connectivity index (χ0) is 12.3. The normalized spacial score (nSPS) is 28.5. The van der Waals surface area contributed by atoms with E-state index in [0.717, 1.165) is 25.0 Å². The maximum absolute atomic E-state index is 9.42. The summed E-state index contributed by atoms with van der Waals surface area (Å²) < 4.78 is 0. The number of nitrogens with zero attached hydrogens (tertiary/aromatic N) is 1. The fourth-order valence-corrected chi connectivity index (χ4v) is 1.97. The summed E-state index contributed by atoms with van der Waals surface area (Å²) in [5, 5.41) is 9.42. The van der Waals surface area contributed by atoms with Crippen molar-refractivity contribution < 1.29 is 5.11 Å². The average molecular weight is 225 g/mol. The van der Waals surface area contributed by atoms with Crippen LogP contribution >= 0.6 is 0 Å². The third kappa shape index (κ3) is 4.23. The van der Waals surface area contributed by atoms with Gasteiger partial charge in [-0.3, -0.25) is 4.99 Å². The summed E-state index contributed by atoms with van der Waals surface area (Å²) in [6, 6.07) is 0. The van der Waals surface area contributed by atoms with Crippen LogP contribution in [0.15, 0.2) is 16.8 Å². The molecule has 0 amide bonds. The number of aliphatic imine (C=N–C) groups is 1. The minimum atomic E-state index is -0.210. The van der Waals surface area contributed by atoms with Crippen LogP contribution in [-0.2, 0) is 0 Å². The first-order valence-electron chi connectivity index (χ1n) is 5.78. The van der Waals surface area contributed by atoms with Crippen LogP contribution in [0, 0.1) is 5.92 Å². The highest BCUT2D eigenvalue weighted by Gasteiger charge is 2.24. The van der Waals surface area contributed by atoms with E-state index in [1.54, 1.807) is 6.08 Å². The van der Waals surface area contributed by atoms with Crippen LogP contribution in [0.25, 0.3) is 0 Å². The van der Waals surface area contributed by atoms with Crippen LogP contribution in [-0.4, -0.2) is 22.6 Å². The summed E-state index contributed by atoms with van der Waals surface area (Å²) in [5.41, 5.74) is 12.3. The van der Waals surface area contributed by atoms with Crippen molar-refractivity contribution in [1.82, 2.24) is 0 Å². The van der Waals surface area contributed by atoms with Crippen molar-refractivity contribution in [3.8, 4) is 0 Å². The molecule has 0 aromatic carbocycles. The average Bonchev–Trinajstić information content (AvgIpc) is 2.47. The molecule has 92 valence electrons. The molecule has 1 aliphatic rings. The summed E-state index contributed by atoms with van der Waals surface area (Å²) >= 11 is 0. The van der Waals surface area contributed by atoms with E-state index < -0.39 is 0 Å². The number of aliphatic hydroxyl groups is 1. The Hall–Kier alpha value is -1.03. The quantitative estimate of drug-likeness (QED) is 0.487. The van der Waals surface area contributed by atoms with Crippen molar-refractivity contribution in [3.63, 3.8) is 0 Å². The lowest BCUT2D eigenvalue weighted by Crippen LogP contribution is -2.21. The van der Waals surface area contributed by atoms with Crippen molar-refractivity contribution in [2.75, 3.05) is 0 Å². The molecule has 0 aromatic heterocycles. The third-order valence-corrected chi connectivity index (χ3v) is 2.66. The number of rotatable bonds is 2.